The van der Waals surface area contributed by atoms with Gasteiger partial charge in [0.1, 0.15) is 11.9 Å². The van der Waals surface area contributed by atoms with E-state index in [9.17, 15) is 0 Å². The molecule has 0 spiro atoms. The second-order valence-corrected chi connectivity index (χ2v) is 1.91. The lowest BCUT2D eigenvalue weighted by Gasteiger charge is -2.12. The van der Waals surface area contributed by atoms with Crippen LogP contribution < -0.4 is 11.6 Å². The SMILES string of the molecule is CCOC(CC)C(N)=NN. The topological polar surface area (TPSA) is 73.6 Å². The molecule has 0 amide bonds. The average Bonchev–Trinajstić information content (AvgIpc) is 1.99. The third-order valence-corrected chi connectivity index (χ3v) is 1.22. The molecule has 0 aliphatic rings. The standard InChI is InChI=1S/C6H15N3O/c1-3-5(10-4-2)6(7)9-8/h5H,3-4,8H2,1-2H3,(H2,7,9). The number of hydrogen-bond acceptors (Lipinski definition) is 3. The van der Waals surface area contributed by atoms with E-state index in [1.54, 1.807) is 0 Å². The highest BCUT2D eigenvalue weighted by molar-refractivity contribution is 5.84. The third-order valence-electron chi connectivity index (χ3n) is 1.22. The minimum Gasteiger partial charge on any atom is -0.384 e. The zero-order valence-electron chi connectivity index (χ0n) is 6.50. The van der Waals surface area contributed by atoms with Crippen LogP contribution in [-0.2, 0) is 4.74 Å². The second kappa shape index (κ2) is 5.05. The lowest BCUT2D eigenvalue weighted by Crippen LogP contribution is -2.32. The van der Waals surface area contributed by atoms with E-state index in [2.05, 4.69) is 5.10 Å². The van der Waals surface area contributed by atoms with Crippen LogP contribution in [0.1, 0.15) is 20.3 Å². The largest absolute Gasteiger partial charge is 0.384 e. The molecule has 4 N–H and O–H groups in total. The van der Waals surface area contributed by atoms with Gasteiger partial charge in [-0.1, -0.05) is 6.92 Å². The van der Waals surface area contributed by atoms with Crippen molar-refractivity contribution in [3.63, 3.8) is 0 Å². The minimum absolute atomic E-state index is 0.116. The zero-order chi connectivity index (χ0) is 7.98. The molecule has 10 heavy (non-hydrogen) atoms. The Kier molecular flexibility index (Phi) is 4.66. The second-order valence-electron chi connectivity index (χ2n) is 1.91. The van der Waals surface area contributed by atoms with Gasteiger partial charge in [0.2, 0.25) is 0 Å². The molecule has 0 aromatic carbocycles. The van der Waals surface area contributed by atoms with Gasteiger partial charge in [-0.3, -0.25) is 0 Å². The smallest absolute Gasteiger partial charge is 0.148 e. The Labute approximate surface area is 61.2 Å². The Balaban J connectivity index is 3.80. The van der Waals surface area contributed by atoms with Crippen LogP contribution in [0.15, 0.2) is 5.10 Å². The van der Waals surface area contributed by atoms with Gasteiger partial charge < -0.3 is 16.3 Å². The van der Waals surface area contributed by atoms with Gasteiger partial charge in [0.15, 0.2) is 0 Å². The molecule has 0 aromatic rings. The van der Waals surface area contributed by atoms with Crippen molar-refractivity contribution in [2.45, 2.75) is 26.4 Å². The number of rotatable bonds is 4. The van der Waals surface area contributed by atoms with E-state index in [0.717, 1.165) is 6.42 Å². The van der Waals surface area contributed by atoms with E-state index in [0.29, 0.717) is 12.4 Å². The first kappa shape index (κ1) is 9.23. The van der Waals surface area contributed by atoms with Gasteiger partial charge in [-0.2, -0.15) is 5.10 Å². The fraction of sp³-hybridized carbons (Fsp3) is 0.833. The molecule has 0 heterocycles. The summed E-state index contributed by atoms with van der Waals surface area (Å²) in [6, 6.07) is 0. The molecule has 0 fully saturated rings. The summed E-state index contributed by atoms with van der Waals surface area (Å²) in [5.74, 6) is 5.33. The summed E-state index contributed by atoms with van der Waals surface area (Å²) >= 11 is 0. The maximum atomic E-state index is 5.41. The molecule has 4 heteroatoms. The van der Waals surface area contributed by atoms with E-state index in [-0.39, 0.29) is 6.10 Å². The molecular formula is C6H15N3O. The Morgan fingerprint density at radius 2 is 2.20 bits per heavy atom. The van der Waals surface area contributed by atoms with Crippen molar-refractivity contribution >= 4 is 5.84 Å². The van der Waals surface area contributed by atoms with E-state index in [1.807, 2.05) is 13.8 Å². The molecule has 1 atom stereocenters. The highest BCUT2D eigenvalue weighted by atomic mass is 16.5. The van der Waals surface area contributed by atoms with Gasteiger partial charge in [0, 0.05) is 6.61 Å². The molecule has 0 aliphatic carbocycles. The molecule has 0 aromatic heterocycles. The Bertz CT molecular complexity index is 114. The normalized spacial score (nSPS) is 15.2. The molecule has 0 radical (unpaired) electrons. The number of ether oxygens (including phenoxy) is 1. The highest BCUT2D eigenvalue weighted by Gasteiger charge is 2.08. The summed E-state index contributed by atoms with van der Waals surface area (Å²) in [6.45, 7) is 4.51. The predicted octanol–water partition coefficient (Wildman–Crippen LogP) is 0.0324. The van der Waals surface area contributed by atoms with Crippen LogP contribution in [-0.4, -0.2) is 18.5 Å². The molecule has 0 rings (SSSR count). The van der Waals surface area contributed by atoms with Gasteiger partial charge in [0.05, 0.1) is 0 Å². The van der Waals surface area contributed by atoms with E-state index in [4.69, 9.17) is 16.3 Å². The fourth-order valence-corrected chi connectivity index (χ4v) is 0.697. The summed E-state index contributed by atoms with van der Waals surface area (Å²) in [4.78, 5) is 0. The summed E-state index contributed by atoms with van der Waals surface area (Å²) in [5.41, 5.74) is 5.41. The van der Waals surface area contributed by atoms with Gasteiger partial charge in [0.25, 0.3) is 0 Å². The van der Waals surface area contributed by atoms with Crippen LogP contribution in [0.3, 0.4) is 0 Å². The van der Waals surface area contributed by atoms with Crippen LogP contribution in [0.5, 0.6) is 0 Å². The summed E-state index contributed by atoms with van der Waals surface area (Å²) in [7, 11) is 0. The number of nitrogens with zero attached hydrogens (tertiary/aromatic N) is 1. The Hall–Kier alpha value is -0.770. The van der Waals surface area contributed by atoms with Crippen molar-refractivity contribution in [1.82, 2.24) is 0 Å². The van der Waals surface area contributed by atoms with Gasteiger partial charge in [-0.05, 0) is 13.3 Å². The van der Waals surface area contributed by atoms with Gasteiger partial charge in [-0.25, -0.2) is 0 Å². The van der Waals surface area contributed by atoms with Gasteiger partial charge in [-0.15, -0.1) is 0 Å². The maximum Gasteiger partial charge on any atom is 0.148 e. The predicted molar refractivity (Wildman–Crippen MR) is 41.5 cm³/mol. The van der Waals surface area contributed by atoms with Crippen LogP contribution in [0.25, 0.3) is 0 Å². The number of amidine groups is 1. The number of nitrogens with two attached hydrogens (primary N) is 2. The van der Waals surface area contributed by atoms with Crippen molar-refractivity contribution in [3.05, 3.63) is 0 Å². The Morgan fingerprint density at radius 1 is 1.60 bits per heavy atom. The Morgan fingerprint density at radius 3 is 2.50 bits per heavy atom. The molecule has 0 saturated heterocycles. The van der Waals surface area contributed by atoms with E-state index in [1.165, 1.54) is 0 Å². The first-order valence-electron chi connectivity index (χ1n) is 3.41. The van der Waals surface area contributed by atoms with E-state index >= 15 is 0 Å². The van der Waals surface area contributed by atoms with Crippen LogP contribution in [0.4, 0.5) is 0 Å². The first-order chi connectivity index (χ1) is 4.76. The summed E-state index contributed by atoms with van der Waals surface area (Å²) < 4.78 is 5.21. The molecule has 0 aliphatic heterocycles. The monoisotopic (exact) mass is 145 g/mol. The average molecular weight is 145 g/mol. The number of hydrazone groups is 1. The molecule has 1 unspecified atom stereocenters. The maximum absolute atomic E-state index is 5.41. The van der Waals surface area contributed by atoms with Crippen molar-refractivity contribution in [2.75, 3.05) is 6.61 Å². The lowest BCUT2D eigenvalue weighted by atomic mass is 10.2. The molecule has 60 valence electrons. The zero-order valence-corrected chi connectivity index (χ0v) is 6.50. The molecule has 0 bridgehead atoms. The van der Waals surface area contributed by atoms with Crippen LogP contribution >= 0.6 is 0 Å². The molecule has 4 nitrogen and oxygen atoms in total. The first-order valence-corrected chi connectivity index (χ1v) is 3.41. The quantitative estimate of drug-likeness (QED) is 0.254. The van der Waals surface area contributed by atoms with Crippen molar-refractivity contribution in [2.24, 2.45) is 16.7 Å². The van der Waals surface area contributed by atoms with Crippen molar-refractivity contribution in [3.8, 4) is 0 Å². The molecular weight excluding hydrogens is 130 g/mol. The summed E-state index contributed by atoms with van der Waals surface area (Å²) in [6.07, 6.45) is 0.690. The molecule has 0 saturated carbocycles. The van der Waals surface area contributed by atoms with Crippen LogP contribution in [0, 0.1) is 0 Å². The minimum atomic E-state index is -0.116. The fourth-order valence-electron chi connectivity index (χ4n) is 0.697. The van der Waals surface area contributed by atoms with Crippen molar-refractivity contribution in [1.29, 1.82) is 0 Å². The van der Waals surface area contributed by atoms with Gasteiger partial charge >= 0.3 is 0 Å². The third kappa shape index (κ3) is 2.68. The van der Waals surface area contributed by atoms with E-state index < -0.39 is 0 Å². The number of hydrogen-bond donors (Lipinski definition) is 2. The summed E-state index contributed by atoms with van der Waals surface area (Å²) in [5, 5.41) is 3.35. The van der Waals surface area contributed by atoms with Crippen molar-refractivity contribution < 1.29 is 4.74 Å². The highest BCUT2D eigenvalue weighted by Crippen LogP contribution is 1.96. The van der Waals surface area contributed by atoms with Crippen LogP contribution in [0.2, 0.25) is 0 Å². The lowest BCUT2D eigenvalue weighted by molar-refractivity contribution is 0.106.